The van der Waals surface area contributed by atoms with E-state index in [1.807, 2.05) is 6.07 Å². The maximum Gasteiger partial charge on any atom is 0.250 e. The largest absolute Gasteiger partial charge is 0.543 e. The number of benzene rings is 2. The molecule has 40 heavy (non-hydrogen) atoms. The van der Waals surface area contributed by atoms with Crippen molar-refractivity contribution in [2.45, 2.75) is 120 Å². The van der Waals surface area contributed by atoms with E-state index in [9.17, 15) is 17.2 Å². The molecule has 1 saturated carbocycles. The highest BCUT2D eigenvalue weighted by Gasteiger charge is 2.41. The van der Waals surface area contributed by atoms with Gasteiger partial charge < -0.3 is 8.85 Å². The maximum absolute atomic E-state index is 14.2. The lowest BCUT2D eigenvalue weighted by atomic mass is 9.81. The molecule has 5 nitrogen and oxygen atoms in total. The molecule has 0 atom stereocenters. The van der Waals surface area contributed by atoms with Crippen LogP contribution in [0.4, 0.5) is 8.78 Å². The summed E-state index contributed by atoms with van der Waals surface area (Å²) in [5.41, 5.74) is 1.12. The monoisotopic (exact) mass is 611 g/mol. The highest BCUT2D eigenvalue weighted by molar-refractivity contribution is 7.89. The Morgan fingerprint density at radius 1 is 0.800 bits per heavy atom. The molecule has 3 rings (SSSR count). The van der Waals surface area contributed by atoms with E-state index < -0.39 is 43.2 Å². The fourth-order valence-corrected chi connectivity index (χ4v) is 7.80. The molecule has 0 aromatic heterocycles. The van der Waals surface area contributed by atoms with Gasteiger partial charge in [-0.05, 0) is 91.6 Å². The van der Waals surface area contributed by atoms with Crippen LogP contribution in [-0.2, 0) is 10.0 Å². The molecule has 1 aliphatic rings. The van der Waals surface area contributed by atoms with E-state index >= 15 is 0 Å². The first kappa shape index (κ1) is 32.8. The van der Waals surface area contributed by atoms with Crippen molar-refractivity contribution < 1.29 is 26.1 Å². The zero-order chi connectivity index (χ0) is 30.3. The van der Waals surface area contributed by atoms with Crippen molar-refractivity contribution in [2.75, 3.05) is 0 Å². The topological polar surface area (TPSA) is 64.6 Å². The predicted molar refractivity (Wildman–Crippen MR) is 164 cm³/mol. The van der Waals surface area contributed by atoms with Gasteiger partial charge in [0.2, 0.25) is 26.7 Å². The highest BCUT2D eigenvalue weighted by atomic mass is 32.2. The fraction of sp³-hybridized carbons (Fsp3) is 0.600. The zero-order valence-corrected chi connectivity index (χ0v) is 28.6. The second kappa shape index (κ2) is 11.5. The van der Waals surface area contributed by atoms with Crippen molar-refractivity contribution >= 4 is 26.7 Å². The molecule has 0 bridgehead atoms. The van der Waals surface area contributed by atoms with Crippen molar-refractivity contribution in [1.29, 1.82) is 0 Å². The molecular weight excluding hydrogens is 565 g/mol. The quantitative estimate of drug-likeness (QED) is 0.303. The van der Waals surface area contributed by atoms with Gasteiger partial charge in [-0.25, -0.2) is 21.9 Å². The molecule has 224 valence electrons. The Hall–Kier alpha value is -1.76. The zero-order valence-electron chi connectivity index (χ0n) is 25.7. The lowest BCUT2D eigenvalue weighted by molar-refractivity contribution is 0.366. The summed E-state index contributed by atoms with van der Waals surface area (Å²) in [4.78, 5) is -0.529. The van der Waals surface area contributed by atoms with Gasteiger partial charge in [-0.15, -0.1) is 0 Å². The average Bonchev–Trinajstić information content (AvgIpc) is 2.77. The highest BCUT2D eigenvalue weighted by Crippen LogP contribution is 2.45. The minimum Gasteiger partial charge on any atom is -0.543 e. The molecule has 0 heterocycles. The molecule has 0 amide bonds. The Balaban J connectivity index is 1.83. The Morgan fingerprint density at radius 2 is 1.35 bits per heavy atom. The molecule has 1 N–H and O–H groups in total. The van der Waals surface area contributed by atoms with E-state index in [4.69, 9.17) is 8.85 Å². The first-order chi connectivity index (χ1) is 18.1. The van der Waals surface area contributed by atoms with Gasteiger partial charge in [-0.2, -0.15) is 0 Å². The van der Waals surface area contributed by atoms with Gasteiger partial charge in [0.05, 0.1) is 0 Å². The summed E-state index contributed by atoms with van der Waals surface area (Å²) < 4.78 is 69.2. The maximum atomic E-state index is 14.2. The van der Waals surface area contributed by atoms with Gasteiger partial charge in [-0.1, -0.05) is 47.6 Å². The minimum absolute atomic E-state index is 0.0200. The van der Waals surface area contributed by atoms with E-state index in [-0.39, 0.29) is 22.0 Å². The minimum atomic E-state index is -4.10. The molecular formula is C30H47F2NO4SSi2. The molecule has 2 aromatic rings. The number of rotatable bonds is 8. The third-order valence-corrected chi connectivity index (χ3v) is 19.3. The molecule has 0 spiro atoms. The van der Waals surface area contributed by atoms with E-state index in [0.29, 0.717) is 18.9 Å². The van der Waals surface area contributed by atoms with Gasteiger partial charge in [0, 0.05) is 18.2 Å². The molecule has 0 unspecified atom stereocenters. The van der Waals surface area contributed by atoms with Crippen molar-refractivity contribution in [3.63, 3.8) is 0 Å². The predicted octanol–water partition coefficient (Wildman–Crippen LogP) is 8.74. The number of hydrogen-bond donors (Lipinski definition) is 1. The average molecular weight is 612 g/mol. The van der Waals surface area contributed by atoms with Crippen molar-refractivity contribution in [2.24, 2.45) is 0 Å². The summed E-state index contributed by atoms with van der Waals surface area (Å²) in [6.45, 7) is 22.2. The van der Waals surface area contributed by atoms with Crippen LogP contribution in [0.3, 0.4) is 0 Å². The first-order valence-corrected chi connectivity index (χ1v) is 21.4. The van der Waals surface area contributed by atoms with Crippen LogP contribution in [0.2, 0.25) is 36.3 Å². The van der Waals surface area contributed by atoms with E-state index in [1.165, 1.54) is 0 Å². The summed E-state index contributed by atoms with van der Waals surface area (Å²) in [7, 11) is -8.29. The summed E-state index contributed by atoms with van der Waals surface area (Å²) in [5, 5.41) is 0.0841. The van der Waals surface area contributed by atoms with Crippen LogP contribution in [0.25, 0.3) is 0 Å². The first-order valence-electron chi connectivity index (χ1n) is 14.1. The molecule has 1 fully saturated rings. The molecule has 10 heteroatoms. The number of halogens is 2. The van der Waals surface area contributed by atoms with Crippen LogP contribution in [-0.4, -0.2) is 31.1 Å². The van der Waals surface area contributed by atoms with Crippen molar-refractivity contribution in [3.05, 3.63) is 53.6 Å². The van der Waals surface area contributed by atoms with Crippen LogP contribution in [0.15, 0.2) is 41.3 Å². The Morgan fingerprint density at radius 3 is 1.88 bits per heavy atom. The molecule has 0 saturated heterocycles. The van der Waals surface area contributed by atoms with Gasteiger partial charge >= 0.3 is 0 Å². The third-order valence-electron chi connectivity index (χ3n) is 9.01. The lowest BCUT2D eigenvalue weighted by Gasteiger charge is -2.39. The van der Waals surface area contributed by atoms with Gasteiger partial charge in [-0.3, -0.25) is 0 Å². The van der Waals surface area contributed by atoms with Crippen LogP contribution < -0.4 is 13.6 Å². The molecule has 2 aromatic carbocycles. The van der Waals surface area contributed by atoms with E-state index in [0.717, 1.165) is 42.0 Å². The van der Waals surface area contributed by atoms with Gasteiger partial charge in [0.1, 0.15) is 28.0 Å². The van der Waals surface area contributed by atoms with Gasteiger partial charge in [0.25, 0.3) is 0 Å². The summed E-state index contributed by atoms with van der Waals surface area (Å²) >= 11 is 0. The van der Waals surface area contributed by atoms with Crippen LogP contribution >= 0.6 is 0 Å². The fourth-order valence-electron chi connectivity index (χ4n) is 4.38. The smallest absolute Gasteiger partial charge is 0.250 e. The van der Waals surface area contributed by atoms with E-state index in [1.54, 1.807) is 0 Å². The Labute approximate surface area is 242 Å². The van der Waals surface area contributed by atoms with Crippen molar-refractivity contribution in [3.8, 4) is 11.5 Å². The summed E-state index contributed by atoms with van der Waals surface area (Å²) in [6, 6.07) is 8.41. The second-order valence-corrected chi connectivity index (χ2v) is 25.3. The molecule has 0 radical (unpaired) electrons. The standard InChI is InChI=1S/C30H47F2NO4SSi2/c1-29(2,3)39(7,8)36-24-16-17-25(27(20-24)37-40(9,10)30(4,5)6)21-11-14-23(15-12-21)33-38(34,35)28-18-13-22(31)19-26(28)32/h13,16-21,23,33H,11-12,14-15H2,1-10H3/t21-,23-. The summed E-state index contributed by atoms with van der Waals surface area (Å²) in [5.74, 6) is -0.0148. The number of nitrogens with one attached hydrogen (secondary N) is 1. The molecule has 1 aliphatic carbocycles. The Bertz CT molecular complexity index is 1310. The van der Waals surface area contributed by atoms with Crippen LogP contribution in [0, 0.1) is 11.6 Å². The number of sulfonamides is 1. The van der Waals surface area contributed by atoms with Crippen LogP contribution in [0.1, 0.15) is 78.7 Å². The normalized spacial score (nSPS) is 19.4. The SMILES string of the molecule is CC(C)(C)[Si](C)(C)Oc1ccc([C@H]2CC[C@H](NS(=O)(=O)c3ccc(F)cc3F)CC2)c(O[Si](C)(C)C(C)(C)C)c1. The lowest BCUT2D eigenvalue weighted by Crippen LogP contribution is -2.44. The summed E-state index contributed by atoms with van der Waals surface area (Å²) in [6.07, 6.45) is 2.73. The van der Waals surface area contributed by atoms with Gasteiger partial charge in [0.15, 0.2) is 0 Å². The van der Waals surface area contributed by atoms with Crippen LogP contribution in [0.5, 0.6) is 11.5 Å². The Kier molecular flexibility index (Phi) is 9.41. The van der Waals surface area contributed by atoms with E-state index in [2.05, 4.69) is 84.6 Å². The van der Waals surface area contributed by atoms with Crippen molar-refractivity contribution in [1.82, 2.24) is 4.72 Å². The third kappa shape index (κ3) is 7.55. The second-order valence-electron chi connectivity index (χ2n) is 14.2. The number of hydrogen-bond acceptors (Lipinski definition) is 4. The molecule has 0 aliphatic heterocycles.